The van der Waals surface area contributed by atoms with E-state index >= 15 is 0 Å². The van der Waals surface area contributed by atoms with Gasteiger partial charge in [0.1, 0.15) is 0 Å². The predicted octanol–water partition coefficient (Wildman–Crippen LogP) is 14.8. The van der Waals surface area contributed by atoms with Gasteiger partial charge in [-0.3, -0.25) is 0 Å². The number of fused-ring (bicyclic) bond motifs is 5. The van der Waals surface area contributed by atoms with Crippen LogP contribution in [0, 0.1) is 13.8 Å². The Morgan fingerprint density at radius 3 is 1.42 bits per heavy atom. The summed E-state index contributed by atoms with van der Waals surface area (Å²) in [5.41, 5.74) is 16.2. The van der Waals surface area contributed by atoms with Crippen LogP contribution in [0.1, 0.15) is 33.4 Å². The van der Waals surface area contributed by atoms with Crippen LogP contribution in [0.5, 0.6) is 0 Å². The zero-order valence-corrected chi connectivity index (χ0v) is 36.1. The molecule has 65 heavy (non-hydrogen) atoms. The first-order valence-electron chi connectivity index (χ1n) is 22.2. The summed E-state index contributed by atoms with van der Waals surface area (Å²) < 4.78 is 2.39. The Bertz CT molecular complexity index is 3430. The summed E-state index contributed by atoms with van der Waals surface area (Å²) >= 11 is 0. The van der Waals surface area contributed by atoms with E-state index in [0.29, 0.717) is 17.5 Å². The lowest BCUT2D eigenvalue weighted by Crippen LogP contribution is -2.38. The molecule has 2 aromatic heterocycles. The molecular formula is C60H43N5. The molecule has 12 rings (SSSR count). The van der Waals surface area contributed by atoms with Gasteiger partial charge in [-0.1, -0.05) is 170 Å². The Kier molecular flexibility index (Phi) is 9.09. The van der Waals surface area contributed by atoms with Gasteiger partial charge in [0.15, 0.2) is 17.5 Å². The molecule has 308 valence electrons. The van der Waals surface area contributed by atoms with Crippen molar-refractivity contribution in [3.63, 3.8) is 0 Å². The molecule has 0 fully saturated rings. The predicted molar refractivity (Wildman–Crippen MR) is 266 cm³/mol. The molecule has 0 amide bonds. The minimum Gasteiger partial charge on any atom is -0.309 e. The molecule has 0 N–H and O–H groups in total. The molecule has 0 spiro atoms. The molecule has 0 saturated heterocycles. The van der Waals surface area contributed by atoms with Crippen molar-refractivity contribution in [3.8, 4) is 39.9 Å². The summed E-state index contributed by atoms with van der Waals surface area (Å²) in [6.07, 6.45) is 0. The van der Waals surface area contributed by atoms with Gasteiger partial charge >= 0.3 is 0 Å². The number of hydrogen-bond donors (Lipinski definition) is 0. The fraction of sp³-hybridized carbons (Fsp3) is 0.0500. The maximum atomic E-state index is 5.10. The minimum atomic E-state index is -0.649. The summed E-state index contributed by atoms with van der Waals surface area (Å²) in [6.45, 7) is 4.42. The van der Waals surface area contributed by atoms with E-state index in [4.69, 9.17) is 15.0 Å². The van der Waals surface area contributed by atoms with E-state index in [9.17, 15) is 0 Å². The molecule has 5 heteroatoms. The maximum Gasteiger partial charge on any atom is 0.164 e. The fourth-order valence-electron chi connectivity index (χ4n) is 10.4. The smallest absolute Gasteiger partial charge is 0.164 e. The number of nitrogens with zero attached hydrogens (tertiary/aromatic N) is 5. The Hall–Kier alpha value is -8.41. The van der Waals surface area contributed by atoms with Gasteiger partial charge < -0.3 is 9.47 Å². The number of aryl methyl sites for hydroxylation is 2. The molecular weight excluding hydrogens is 791 g/mol. The van der Waals surface area contributed by atoms with Gasteiger partial charge in [0.2, 0.25) is 0 Å². The number of rotatable bonds is 7. The van der Waals surface area contributed by atoms with Gasteiger partial charge in [-0.2, -0.15) is 0 Å². The lowest BCUT2D eigenvalue weighted by atomic mass is 9.62. The molecule has 5 nitrogen and oxygen atoms in total. The second kappa shape index (κ2) is 15.4. The molecule has 9 aromatic carbocycles. The minimum absolute atomic E-state index is 0.641. The van der Waals surface area contributed by atoms with Crippen LogP contribution in [0.15, 0.2) is 224 Å². The molecule has 0 radical (unpaired) electrons. The van der Waals surface area contributed by atoms with Crippen LogP contribution >= 0.6 is 0 Å². The molecule has 3 heterocycles. The summed E-state index contributed by atoms with van der Waals surface area (Å²) in [4.78, 5) is 17.7. The van der Waals surface area contributed by atoms with Gasteiger partial charge in [-0.25, -0.2) is 15.0 Å². The Morgan fingerprint density at radius 1 is 0.369 bits per heavy atom. The highest BCUT2D eigenvalue weighted by Crippen LogP contribution is 2.59. The standard InChI is InChI=1S/C60H43N5/c1-40-37-44(59-62-57(42-21-7-3-8-22-42)61-58(63-59)43-23-9-4-10-24-43)38-41(2)56(40)65-54-33-19-16-30-50(54)60(45-25-11-5-12-26-45,51-31-17-20-34-55(51)65)46-35-36-53-49(39-46)48-29-15-18-32-52(48)64(53)47-27-13-6-14-28-47/h3-39H,1-2H3. The van der Waals surface area contributed by atoms with Gasteiger partial charge in [0.05, 0.1) is 33.5 Å². The molecule has 1 aliphatic heterocycles. The number of hydrogen-bond acceptors (Lipinski definition) is 4. The fourth-order valence-corrected chi connectivity index (χ4v) is 10.4. The first-order valence-corrected chi connectivity index (χ1v) is 22.2. The molecule has 0 aliphatic carbocycles. The van der Waals surface area contributed by atoms with Gasteiger partial charge in [-0.05, 0) is 102 Å². The van der Waals surface area contributed by atoms with Crippen molar-refractivity contribution < 1.29 is 0 Å². The summed E-state index contributed by atoms with van der Waals surface area (Å²) in [5.74, 6) is 1.93. The average Bonchev–Trinajstić information content (AvgIpc) is 3.70. The van der Waals surface area contributed by atoms with E-state index in [0.717, 1.165) is 50.6 Å². The van der Waals surface area contributed by atoms with Crippen molar-refractivity contribution in [3.05, 3.63) is 258 Å². The largest absolute Gasteiger partial charge is 0.309 e. The first-order chi connectivity index (χ1) is 32.1. The number of anilines is 3. The van der Waals surface area contributed by atoms with E-state index in [2.05, 4.69) is 211 Å². The quantitative estimate of drug-likeness (QED) is 0.160. The summed E-state index contributed by atoms with van der Waals surface area (Å²) in [7, 11) is 0. The average molecular weight is 834 g/mol. The second-order valence-corrected chi connectivity index (χ2v) is 16.9. The number of para-hydroxylation sites is 4. The second-order valence-electron chi connectivity index (χ2n) is 16.9. The Morgan fingerprint density at radius 2 is 0.831 bits per heavy atom. The molecule has 1 aliphatic rings. The Balaban J connectivity index is 1.07. The highest BCUT2D eigenvalue weighted by Gasteiger charge is 2.47. The monoisotopic (exact) mass is 833 g/mol. The van der Waals surface area contributed by atoms with E-state index < -0.39 is 5.41 Å². The van der Waals surface area contributed by atoms with Crippen molar-refractivity contribution >= 4 is 38.9 Å². The molecule has 0 saturated carbocycles. The molecule has 0 atom stereocenters. The highest BCUT2D eigenvalue weighted by atomic mass is 15.2. The maximum absolute atomic E-state index is 5.10. The highest BCUT2D eigenvalue weighted by molar-refractivity contribution is 6.10. The SMILES string of the molecule is Cc1cc(-c2nc(-c3ccccc3)nc(-c3ccccc3)n2)cc(C)c1N1c2ccccc2C(c2ccccc2)(c2ccc3c(c2)c2ccccc2n3-c2ccccc2)c2ccccc21. The zero-order valence-electron chi connectivity index (χ0n) is 36.1. The van der Waals surface area contributed by atoms with Crippen LogP contribution < -0.4 is 4.90 Å². The van der Waals surface area contributed by atoms with Crippen LogP contribution in [0.3, 0.4) is 0 Å². The third-order valence-electron chi connectivity index (χ3n) is 13.1. The van der Waals surface area contributed by atoms with Gasteiger partial charge in [0, 0.05) is 33.2 Å². The van der Waals surface area contributed by atoms with Crippen molar-refractivity contribution in [2.45, 2.75) is 19.3 Å². The zero-order chi connectivity index (χ0) is 43.5. The van der Waals surface area contributed by atoms with Crippen molar-refractivity contribution in [2.24, 2.45) is 0 Å². The van der Waals surface area contributed by atoms with E-state index in [1.54, 1.807) is 0 Å². The third-order valence-corrected chi connectivity index (χ3v) is 13.1. The lowest BCUT2D eigenvalue weighted by Gasteiger charge is -2.47. The van der Waals surface area contributed by atoms with Crippen molar-refractivity contribution in [2.75, 3.05) is 4.90 Å². The number of benzene rings is 9. The van der Waals surface area contributed by atoms with E-state index in [1.165, 1.54) is 44.1 Å². The van der Waals surface area contributed by atoms with E-state index in [1.807, 2.05) is 36.4 Å². The summed E-state index contributed by atoms with van der Waals surface area (Å²) in [5, 5.41) is 2.45. The van der Waals surface area contributed by atoms with Crippen LogP contribution in [0.4, 0.5) is 17.1 Å². The topological polar surface area (TPSA) is 46.8 Å². The van der Waals surface area contributed by atoms with Crippen molar-refractivity contribution in [1.82, 2.24) is 19.5 Å². The molecule has 11 aromatic rings. The Labute approximate surface area is 378 Å². The van der Waals surface area contributed by atoms with Crippen LogP contribution in [-0.2, 0) is 5.41 Å². The normalized spacial score (nSPS) is 12.9. The molecule has 0 bridgehead atoms. The van der Waals surface area contributed by atoms with Gasteiger partial charge in [0.25, 0.3) is 0 Å². The lowest BCUT2D eigenvalue weighted by molar-refractivity contribution is 0.732. The first kappa shape index (κ1) is 38.3. The summed E-state index contributed by atoms with van der Waals surface area (Å²) in [6, 6.07) is 80.5. The van der Waals surface area contributed by atoms with Gasteiger partial charge in [-0.15, -0.1) is 0 Å². The number of aromatic nitrogens is 4. The van der Waals surface area contributed by atoms with E-state index in [-0.39, 0.29) is 0 Å². The van der Waals surface area contributed by atoms with Crippen LogP contribution in [0.25, 0.3) is 61.7 Å². The van der Waals surface area contributed by atoms with Crippen LogP contribution in [0.2, 0.25) is 0 Å². The third kappa shape index (κ3) is 6.11. The van der Waals surface area contributed by atoms with Crippen molar-refractivity contribution in [1.29, 1.82) is 0 Å². The van der Waals surface area contributed by atoms with Crippen LogP contribution in [-0.4, -0.2) is 19.5 Å². The molecule has 0 unspecified atom stereocenters.